The molecule has 6 nitrogen and oxygen atoms in total. The molecule has 0 bridgehead atoms. The summed E-state index contributed by atoms with van der Waals surface area (Å²) >= 11 is 0. The maximum atomic E-state index is 11.8. The predicted octanol–water partition coefficient (Wildman–Crippen LogP) is 0.415. The SMILES string of the molecule is Nc1cc(S(=O)(=O)NCCCCCO)ccc1O. The smallest absolute Gasteiger partial charge is 0.240 e. The van der Waals surface area contributed by atoms with Crippen LogP contribution in [0, 0.1) is 0 Å². The number of phenolic OH excluding ortho intramolecular Hbond substituents is 1. The van der Waals surface area contributed by atoms with Crippen LogP contribution in [0.5, 0.6) is 5.75 Å². The third-order valence-corrected chi connectivity index (χ3v) is 3.89. The summed E-state index contributed by atoms with van der Waals surface area (Å²) in [6.07, 6.45) is 2.08. The van der Waals surface area contributed by atoms with Crippen molar-refractivity contribution in [3.8, 4) is 5.75 Å². The fraction of sp³-hybridized carbons (Fsp3) is 0.455. The van der Waals surface area contributed by atoms with E-state index < -0.39 is 10.0 Å². The lowest BCUT2D eigenvalue weighted by Gasteiger charge is -2.07. The number of phenols is 1. The number of rotatable bonds is 7. The summed E-state index contributed by atoms with van der Waals surface area (Å²) in [6, 6.07) is 3.75. The van der Waals surface area contributed by atoms with Crippen molar-refractivity contribution in [2.45, 2.75) is 24.2 Å². The van der Waals surface area contributed by atoms with Crippen molar-refractivity contribution in [3.63, 3.8) is 0 Å². The van der Waals surface area contributed by atoms with E-state index in [1.807, 2.05) is 0 Å². The molecule has 0 radical (unpaired) electrons. The molecule has 0 aliphatic rings. The Kier molecular flexibility index (Phi) is 5.39. The Morgan fingerprint density at radius 1 is 1.22 bits per heavy atom. The molecule has 0 atom stereocenters. The molecule has 0 saturated heterocycles. The van der Waals surface area contributed by atoms with E-state index in [9.17, 15) is 13.5 Å². The number of aromatic hydroxyl groups is 1. The van der Waals surface area contributed by atoms with E-state index in [-0.39, 0.29) is 22.9 Å². The maximum Gasteiger partial charge on any atom is 0.240 e. The van der Waals surface area contributed by atoms with Crippen LogP contribution in [0.3, 0.4) is 0 Å². The van der Waals surface area contributed by atoms with Crippen LogP contribution in [0.15, 0.2) is 23.1 Å². The van der Waals surface area contributed by atoms with Gasteiger partial charge in [0.15, 0.2) is 0 Å². The highest BCUT2D eigenvalue weighted by atomic mass is 32.2. The zero-order valence-corrected chi connectivity index (χ0v) is 10.8. The molecule has 0 aromatic heterocycles. The van der Waals surface area contributed by atoms with Gasteiger partial charge in [-0.3, -0.25) is 0 Å². The highest BCUT2D eigenvalue weighted by Crippen LogP contribution is 2.22. The van der Waals surface area contributed by atoms with Gasteiger partial charge in [0, 0.05) is 13.2 Å². The summed E-state index contributed by atoms with van der Waals surface area (Å²) in [5.74, 6) is -0.142. The Morgan fingerprint density at radius 3 is 2.56 bits per heavy atom. The number of nitrogens with one attached hydrogen (secondary N) is 1. The molecule has 0 aliphatic carbocycles. The van der Waals surface area contributed by atoms with Gasteiger partial charge in [0.1, 0.15) is 5.75 Å². The summed E-state index contributed by atoms with van der Waals surface area (Å²) in [7, 11) is -3.59. The summed E-state index contributed by atoms with van der Waals surface area (Å²) in [5, 5.41) is 17.8. The predicted molar refractivity (Wildman–Crippen MR) is 68.6 cm³/mol. The monoisotopic (exact) mass is 274 g/mol. The van der Waals surface area contributed by atoms with Gasteiger partial charge in [-0.25, -0.2) is 13.1 Å². The molecule has 0 spiro atoms. The first-order valence-electron chi connectivity index (χ1n) is 5.66. The van der Waals surface area contributed by atoms with Gasteiger partial charge < -0.3 is 15.9 Å². The number of nitrogen functional groups attached to an aromatic ring is 1. The summed E-state index contributed by atoms with van der Waals surface area (Å²) < 4.78 is 26.1. The van der Waals surface area contributed by atoms with Gasteiger partial charge >= 0.3 is 0 Å². The highest BCUT2D eigenvalue weighted by Gasteiger charge is 2.14. The average molecular weight is 274 g/mol. The van der Waals surface area contributed by atoms with Crippen LogP contribution in [-0.4, -0.2) is 31.8 Å². The molecule has 18 heavy (non-hydrogen) atoms. The lowest BCUT2D eigenvalue weighted by atomic mass is 10.2. The molecule has 1 aromatic carbocycles. The van der Waals surface area contributed by atoms with Crippen molar-refractivity contribution >= 4 is 15.7 Å². The quantitative estimate of drug-likeness (QED) is 0.327. The van der Waals surface area contributed by atoms with Crippen LogP contribution in [0.2, 0.25) is 0 Å². The lowest BCUT2D eigenvalue weighted by Crippen LogP contribution is -2.24. The Morgan fingerprint density at radius 2 is 1.94 bits per heavy atom. The third kappa shape index (κ3) is 4.17. The minimum atomic E-state index is -3.59. The molecule has 5 N–H and O–H groups in total. The topological polar surface area (TPSA) is 113 Å². The second kappa shape index (κ2) is 6.58. The Balaban J connectivity index is 2.60. The van der Waals surface area contributed by atoms with Gasteiger partial charge in [0.05, 0.1) is 10.6 Å². The van der Waals surface area contributed by atoms with Gasteiger partial charge in [-0.05, 0) is 37.5 Å². The molecule has 102 valence electrons. The standard InChI is InChI=1S/C11H18N2O4S/c12-10-8-9(4-5-11(10)15)18(16,17)13-6-2-1-3-7-14/h4-5,8,13-15H,1-3,6-7,12H2. The first-order chi connectivity index (χ1) is 8.47. The normalized spacial score (nSPS) is 11.6. The molecular formula is C11H18N2O4S. The largest absolute Gasteiger partial charge is 0.506 e. The Hall–Kier alpha value is -1.31. The molecule has 0 heterocycles. The van der Waals surface area contributed by atoms with Crippen LogP contribution in [-0.2, 0) is 10.0 Å². The van der Waals surface area contributed by atoms with Crippen LogP contribution < -0.4 is 10.5 Å². The number of hydrogen-bond donors (Lipinski definition) is 4. The first-order valence-corrected chi connectivity index (χ1v) is 7.14. The minimum absolute atomic E-state index is 0.0261. The maximum absolute atomic E-state index is 11.8. The van der Waals surface area contributed by atoms with Crippen molar-refractivity contribution < 1.29 is 18.6 Å². The molecule has 0 amide bonds. The Labute approximate surface area is 106 Å². The van der Waals surface area contributed by atoms with Gasteiger partial charge in [0.25, 0.3) is 0 Å². The van der Waals surface area contributed by atoms with E-state index in [0.717, 1.165) is 6.42 Å². The van der Waals surface area contributed by atoms with Crippen molar-refractivity contribution in [2.24, 2.45) is 0 Å². The van der Waals surface area contributed by atoms with Crippen LogP contribution in [0.4, 0.5) is 5.69 Å². The molecule has 1 aromatic rings. The second-order valence-electron chi connectivity index (χ2n) is 3.90. The average Bonchev–Trinajstić information content (AvgIpc) is 2.32. The zero-order valence-electron chi connectivity index (χ0n) is 9.96. The number of aliphatic hydroxyl groups excluding tert-OH is 1. The Bertz CT molecular complexity index is 488. The van der Waals surface area contributed by atoms with E-state index in [4.69, 9.17) is 10.8 Å². The number of aliphatic hydroxyl groups is 1. The van der Waals surface area contributed by atoms with Crippen LogP contribution >= 0.6 is 0 Å². The number of benzene rings is 1. The lowest BCUT2D eigenvalue weighted by molar-refractivity contribution is 0.283. The second-order valence-corrected chi connectivity index (χ2v) is 5.67. The number of nitrogens with two attached hydrogens (primary N) is 1. The van der Waals surface area contributed by atoms with E-state index in [2.05, 4.69) is 4.72 Å². The minimum Gasteiger partial charge on any atom is -0.506 e. The van der Waals surface area contributed by atoms with E-state index in [0.29, 0.717) is 19.4 Å². The summed E-state index contributed by atoms with van der Waals surface area (Å²) in [5.41, 5.74) is 5.47. The van der Waals surface area contributed by atoms with Crippen molar-refractivity contribution in [1.82, 2.24) is 4.72 Å². The fourth-order valence-corrected chi connectivity index (χ4v) is 2.51. The fourth-order valence-electron chi connectivity index (χ4n) is 1.40. The van der Waals surface area contributed by atoms with Gasteiger partial charge in [0.2, 0.25) is 10.0 Å². The molecule has 7 heteroatoms. The molecule has 0 saturated carbocycles. The van der Waals surface area contributed by atoms with Crippen molar-refractivity contribution in [3.05, 3.63) is 18.2 Å². The van der Waals surface area contributed by atoms with Gasteiger partial charge in [-0.2, -0.15) is 0 Å². The molecular weight excluding hydrogens is 256 g/mol. The molecule has 0 aliphatic heterocycles. The number of anilines is 1. The van der Waals surface area contributed by atoms with Crippen molar-refractivity contribution in [1.29, 1.82) is 0 Å². The van der Waals surface area contributed by atoms with Crippen LogP contribution in [0.1, 0.15) is 19.3 Å². The third-order valence-electron chi connectivity index (χ3n) is 2.44. The van der Waals surface area contributed by atoms with E-state index in [1.165, 1.54) is 18.2 Å². The number of unbranched alkanes of at least 4 members (excludes halogenated alkanes) is 2. The van der Waals surface area contributed by atoms with Crippen molar-refractivity contribution in [2.75, 3.05) is 18.9 Å². The highest BCUT2D eigenvalue weighted by molar-refractivity contribution is 7.89. The van der Waals surface area contributed by atoms with Gasteiger partial charge in [-0.1, -0.05) is 0 Å². The number of sulfonamides is 1. The van der Waals surface area contributed by atoms with Gasteiger partial charge in [-0.15, -0.1) is 0 Å². The molecule has 0 fully saturated rings. The number of hydrogen-bond acceptors (Lipinski definition) is 5. The zero-order chi connectivity index (χ0) is 13.6. The van der Waals surface area contributed by atoms with E-state index >= 15 is 0 Å². The summed E-state index contributed by atoms with van der Waals surface area (Å²) in [4.78, 5) is 0.0277. The van der Waals surface area contributed by atoms with Crippen LogP contribution in [0.25, 0.3) is 0 Å². The summed E-state index contributed by atoms with van der Waals surface area (Å²) in [6.45, 7) is 0.421. The first kappa shape index (κ1) is 14.7. The molecule has 1 rings (SSSR count). The van der Waals surface area contributed by atoms with E-state index in [1.54, 1.807) is 0 Å². The molecule has 0 unspecified atom stereocenters.